The molecule has 6 heteroatoms. The van der Waals surface area contributed by atoms with E-state index in [-0.39, 0.29) is 18.3 Å². The Morgan fingerprint density at radius 3 is 2.48 bits per heavy atom. The van der Waals surface area contributed by atoms with Crippen molar-refractivity contribution in [2.45, 2.75) is 26.7 Å². The summed E-state index contributed by atoms with van der Waals surface area (Å²) in [6.07, 6.45) is 1.25. The summed E-state index contributed by atoms with van der Waals surface area (Å²) in [5.74, 6) is 0.606. The SMILES string of the molecule is CC(=O)CCc1ccc(OCC(=O)Nc2ccc(N3CCOCC3)cc2C)cc1. The van der Waals surface area contributed by atoms with E-state index in [9.17, 15) is 9.59 Å². The number of benzene rings is 2. The fourth-order valence-electron chi connectivity index (χ4n) is 3.21. The minimum absolute atomic E-state index is 0.0581. The molecule has 1 amide bonds. The highest BCUT2D eigenvalue weighted by atomic mass is 16.5. The molecule has 154 valence electrons. The van der Waals surface area contributed by atoms with Crippen molar-refractivity contribution >= 4 is 23.1 Å². The van der Waals surface area contributed by atoms with Crippen molar-refractivity contribution < 1.29 is 19.1 Å². The summed E-state index contributed by atoms with van der Waals surface area (Å²) in [6, 6.07) is 13.5. The van der Waals surface area contributed by atoms with Gasteiger partial charge in [-0.05, 0) is 61.7 Å². The third kappa shape index (κ3) is 6.32. The smallest absolute Gasteiger partial charge is 0.262 e. The van der Waals surface area contributed by atoms with Crippen LogP contribution in [-0.2, 0) is 20.7 Å². The molecule has 29 heavy (non-hydrogen) atoms. The van der Waals surface area contributed by atoms with Gasteiger partial charge in [-0.25, -0.2) is 0 Å². The molecule has 0 unspecified atom stereocenters. The van der Waals surface area contributed by atoms with E-state index in [0.29, 0.717) is 12.2 Å². The summed E-state index contributed by atoms with van der Waals surface area (Å²) >= 11 is 0. The standard InChI is InChI=1S/C23H28N2O4/c1-17-15-20(25-11-13-28-14-12-25)7-10-22(17)24-23(27)16-29-21-8-5-19(6-9-21)4-3-18(2)26/h5-10,15H,3-4,11-14,16H2,1-2H3,(H,24,27). The summed E-state index contributed by atoms with van der Waals surface area (Å²) in [6.45, 7) is 6.77. The maximum atomic E-state index is 12.3. The zero-order valence-corrected chi connectivity index (χ0v) is 17.1. The first-order chi connectivity index (χ1) is 14.0. The fraction of sp³-hybridized carbons (Fsp3) is 0.391. The largest absolute Gasteiger partial charge is 0.484 e. The molecule has 2 aromatic carbocycles. The molecule has 3 rings (SSSR count). The number of aryl methyl sites for hydroxylation is 2. The van der Waals surface area contributed by atoms with E-state index in [0.717, 1.165) is 55.2 Å². The zero-order chi connectivity index (χ0) is 20.6. The number of hydrogen-bond donors (Lipinski definition) is 1. The van der Waals surface area contributed by atoms with Crippen molar-refractivity contribution in [2.24, 2.45) is 0 Å². The average molecular weight is 396 g/mol. The van der Waals surface area contributed by atoms with Crippen LogP contribution >= 0.6 is 0 Å². The number of carbonyl (C=O) groups is 2. The molecule has 0 radical (unpaired) electrons. The lowest BCUT2D eigenvalue weighted by atomic mass is 10.1. The molecule has 1 N–H and O–H groups in total. The summed E-state index contributed by atoms with van der Waals surface area (Å²) in [5.41, 5.74) is 4.02. The molecule has 6 nitrogen and oxygen atoms in total. The van der Waals surface area contributed by atoms with E-state index in [4.69, 9.17) is 9.47 Å². The van der Waals surface area contributed by atoms with Gasteiger partial charge >= 0.3 is 0 Å². The van der Waals surface area contributed by atoms with E-state index in [1.165, 1.54) is 0 Å². The van der Waals surface area contributed by atoms with Gasteiger partial charge in [0, 0.05) is 30.9 Å². The van der Waals surface area contributed by atoms with Crippen LogP contribution in [0.5, 0.6) is 5.75 Å². The molecule has 1 fully saturated rings. The number of hydrogen-bond acceptors (Lipinski definition) is 5. The number of morpholine rings is 1. The minimum Gasteiger partial charge on any atom is -0.484 e. The van der Waals surface area contributed by atoms with E-state index < -0.39 is 0 Å². The quantitative estimate of drug-likeness (QED) is 0.741. The van der Waals surface area contributed by atoms with Crippen LogP contribution in [0.1, 0.15) is 24.5 Å². The van der Waals surface area contributed by atoms with Gasteiger partial charge in [0.05, 0.1) is 13.2 Å². The summed E-state index contributed by atoms with van der Waals surface area (Å²) < 4.78 is 11.0. The zero-order valence-electron chi connectivity index (χ0n) is 17.1. The minimum atomic E-state index is -0.201. The highest BCUT2D eigenvalue weighted by molar-refractivity contribution is 5.92. The summed E-state index contributed by atoms with van der Waals surface area (Å²) in [5, 5.41) is 2.91. The molecule has 0 bridgehead atoms. The monoisotopic (exact) mass is 396 g/mol. The predicted octanol–water partition coefficient (Wildman–Crippen LogP) is 3.37. The van der Waals surface area contributed by atoms with Crippen LogP contribution in [0.15, 0.2) is 42.5 Å². The van der Waals surface area contributed by atoms with Crippen LogP contribution in [0, 0.1) is 6.92 Å². The van der Waals surface area contributed by atoms with Crippen LogP contribution in [0.2, 0.25) is 0 Å². The Morgan fingerprint density at radius 2 is 1.83 bits per heavy atom. The van der Waals surface area contributed by atoms with Gasteiger partial charge in [-0.15, -0.1) is 0 Å². The van der Waals surface area contributed by atoms with E-state index in [1.807, 2.05) is 43.3 Å². The lowest BCUT2D eigenvalue weighted by Crippen LogP contribution is -2.36. The Labute approximate surface area is 171 Å². The average Bonchev–Trinajstić information content (AvgIpc) is 2.73. The molecule has 0 spiro atoms. The van der Waals surface area contributed by atoms with Gasteiger partial charge in [-0.2, -0.15) is 0 Å². The number of anilines is 2. The Bertz CT molecular complexity index is 842. The first kappa shape index (κ1) is 20.9. The molecule has 0 saturated carbocycles. The van der Waals surface area contributed by atoms with Crippen molar-refractivity contribution in [1.82, 2.24) is 0 Å². The molecule has 0 atom stereocenters. The molecule has 0 aliphatic carbocycles. The first-order valence-electron chi connectivity index (χ1n) is 9.95. The second-order valence-corrected chi connectivity index (χ2v) is 7.28. The maximum absolute atomic E-state index is 12.3. The van der Waals surface area contributed by atoms with E-state index in [2.05, 4.69) is 16.3 Å². The Balaban J connectivity index is 1.49. The summed E-state index contributed by atoms with van der Waals surface area (Å²) in [7, 11) is 0. The lowest BCUT2D eigenvalue weighted by molar-refractivity contribution is -0.118. The van der Waals surface area contributed by atoms with Crippen LogP contribution < -0.4 is 15.0 Å². The third-order valence-corrected chi connectivity index (χ3v) is 4.92. The molecule has 1 aliphatic rings. The number of Topliss-reactive ketones (excluding diaryl/α,β-unsaturated/α-hetero) is 1. The maximum Gasteiger partial charge on any atom is 0.262 e. The number of nitrogens with zero attached hydrogens (tertiary/aromatic N) is 1. The van der Waals surface area contributed by atoms with Gasteiger partial charge in [0.15, 0.2) is 6.61 Å². The topological polar surface area (TPSA) is 67.9 Å². The number of rotatable bonds is 8. The summed E-state index contributed by atoms with van der Waals surface area (Å²) in [4.78, 5) is 25.6. The van der Waals surface area contributed by atoms with Gasteiger partial charge in [-0.3, -0.25) is 4.79 Å². The molecule has 0 aromatic heterocycles. The Kier molecular flexibility index (Phi) is 7.25. The molecule has 1 aliphatic heterocycles. The van der Waals surface area contributed by atoms with Crippen molar-refractivity contribution in [3.8, 4) is 5.75 Å². The number of ether oxygens (including phenoxy) is 2. The van der Waals surface area contributed by atoms with Gasteiger partial charge in [-0.1, -0.05) is 12.1 Å². The third-order valence-electron chi connectivity index (χ3n) is 4.92. The van der Waals surface area contributed by atoms with Crippen LogP contribution in [0.4, 0.5) is 11.4 Å². The highest BCUT2D eigenvalue weighted by Gasteiger charge is 2.13. The van der Waals surface area contributed by atoms with Gasteiger partial charge < -0.3 is 24.5 Å². The number of amides is 1. The fourth-order valence-corrected chi connectivity index (χ4v) is 3.21. The van der Waals surface area contributed by atoms with Gasteiger partial charge in [0.2, 0.25) is 0 Å². The number of carbonyl (C=O) groups excluding carboxylic acids is 2. The first-order valence-corrected chi connectivity index (χ1v) is 9.95. The normalized spacial score (nSPS) is 13.8. The van der Waals surface area contributed by atoms with Crippen molar-refractivity contribution in [2.75, 3.05) is 43.1 Å². The van der Waals surface area contributed by atoms with Crippen molar-refractivity contribution in [3.63, 3.8) is 0 Å². The van der Waals surface area contributed by atoms with Gasteiger partial charge in [0.1, 0.15) is 11.5 Å². The van der Waals surface area contributed by atoms with Crippen molar-refractivity contribution in [3.05, 3.63) is 53.6 Å². The highest BCUT2D eigenvalue weighted by Crippen LogP contribution is 2.23. The van der Waals surface area contributed by atoms with E-state index >= 15 is 0 Å². The molecular formula is C23H28N2O4. The predicted molar refractivity (Wildman–Crippen MR) is 114 cm³/mol. The molecular weight excluding hydrogens is 368 g/mol. The number of nitrogens with one attached hydrogen (secondary N) is 1. The lowest BCUT2D eigenvalue weighted by Gasteiger charge is -2.29. The number of ketones is 1. The van der Waals surface area contributed by atoms with Gasteiger partial charge in [0.25, 0.3) is 5.91 Å². The van der Waals surface area contributed by atoms with Crippen LogP contribution in [-0.4, -0.2) is 44.6 Å². The molecule has 2 aromatic rings. The van der Waals surface area contributed by atoms with E-state index in [1.54, 1.807) is 6.92 Å². The van der Waals surface area contributed by atoms with Crippen LogP contribution in [0.3, 0.4) is 0 Å². The Hall–Kier alpha value is -2.86. The van der Waals surface area contributed by atoms with Crippen LogP contribution in [0.25, 0.3) is 0 Å². The molecule has 1 saturated heterocycles. The second-order valence-electron chi connectivity index (χ2n) is 7.28. The van der Waals surface area contributed by atoms with Crippen molar-refractivity contribution in [1.29, 1.82) is 0 Å². The Morgan fingerprint density at radius 1 is 1.10 bits per heavy atom. The second kappa shape index (κ2) is 10.1. The molecule has 1 heterocycles.